The van der Waals surface area contributed by atoms with Crippen LogP contribution in [0.2, 0.25) is 0 Å². The van der Waals surface area contributed by atoms with Gasteiger partial charge in [-0.25, -0.2) is 9.97 Å². The Morgan fingerprint density at radius 2 is 2.21 bits per heavy atom. The highest BCUT2D eigenvalue weighted by Crippen LogP contribution is 2.32. The molecule has 0 saturated carbocycles. The van der Waals surface area contributed by atoms with Crippen LogP contribution in [0.1, 0.15) is 6.42 Å². The van der Waals surface area contributed by atoms with Gasteiger partial charge in [-0.1, -0.05) is 6.07 Å². The summed E-state index contributed by atoms with van der Waals surface area (Å²) in [6.07, 6.45) is 8.58. The molecular formula is C20H20N6O2. The van der Waals surface area contributed by atoms with Gasteiger partial charge in [0.05, 0.1) is 30.9 Å². The predicted molar refractivity (Wildman–Crippen MR) is 104 cm³/mol. The fraction of sp³-hybridized carbons (Fsp3) is 0.250. The van der Waals surface area contributed by atoms with Gasteiger partial charge in [-0.2, -0.15) is 5.10 Å². The number of hydrogen-bond acceptors (Lipinski definition) is 6. The topological polar surface area (TPSA) is 89.4 Å². The van der Waals surface area contributed by atoms with Crippen LogP contribution in [0.4, 0.5) is 0 Å². The third kappa shape index (κ3) is 2.97. The molecule has 5 rings (SSSR count). The van der Waals surface area contributed by atoms with Crippen molar-refractivity contribution in [2.45, 2.75) is 12.5 Å². The molecule has 8 heteroatoms. The van der Waals surface area contributed by atoms with E-state index in [0.29, 0.717) is 5.88 Å². The van der Waals surface area contributed by atoms with Gasteiger partial charge in [-0.15, -0.1) is 0 Å². The van der Waals surface area contributed by atoms with E-state index in [1.807, 2.05) is 47.3 Å². The van der Waals surface area contributed by atoms with Crippen LogP contribution in [0.3, 0.4) is 0 Å². The van der Waals surface area contributed by atoms with E-state index in [2.05, 4.69) is 20.5 Å². The summed E-state index contributed by atoms with van der Waals surface area (Å²) < 4.78 is 13.6. The summed E-state index contributed by atoms with van der Waals surface area (Å²) in [6, 6.07) is 7.73. The standard InChI is InChI=1S/C20H20N6O2/c1-27-18-7-19-22-11-17(26(19)12-15(18)13-8-23-24-9-13)16-3-2-4-20(25-16)28-14-5-6-21-10-14/h2-4,7-9,11-12,14,21H,5-6,10H2,1H3,(H,23,24). The largest absolute Gasteiger partial charge is 0.496 e. The first-order valence-corrected chi connectivity index (χ1v) is 9.21. The number of nitrogens with zero attached hydrogens (tertiary/aromatic N) is 4. The van der Waals surface area contributed by atoms with Crippen molar-refractivity contribution >= 4 is 5.65 Å². The number of nitrogens with one attached hydrogen (secondary N) is 2. The maximum absolute atomic E-state index is 6.01. The minimum absolute atomic E-state index is 0.168. The maximum atomic E-state index is 6.01. The smallest absolute Gasteiger partial charge is 0.214 e. The summed E-state index contributed by atoms with van der Waals surface area (Å²) in [5.74, 6) is 1.37. The van der Waals surface area contributed by atoms with Gasteiger partial charge in [0.25, 0.3) is 0 Å². The molecular weight excluding hydrogens is 356 g/mol. The van der Waals surface area contributed by atoms with Gasteiger partial charge in [-0.05, 0) is 19.0 Å². The van der Waals surface area contributed by atoms with E-state index in [9.17, 15) is 0 Å². The van der Waals surface area contributed by atoms with Gasteiger partial charge in [0.2, 0.25) is 5.88 Å². The van der Waals surface area contributed by atoms with Crippen molar-refractivity contribution in [3.63, 3.8) is 0 Å². The Morgan fingerprint density at radius 3 is 3.00 bits per heavy atom. The quantitative estimate of drug-likeness (QED) is 0.556. The van der Waals surface area contributed by atoms with Crippen LogP contribution in [0.25, 0.3) is 28.2 Å². The summed E-state index contributed by atoms with van der Waals surface area (Å²) in [7, 11) is 1.65. The minimum Gasteiger partial charge on any atom is -0.496 e. The Balaban J connectivity index is 1.57. The molecule has 0 aliphatic carbocycles. The molecule has 0 bridgehead atoms. The van der Waals surface area contributed by atoms with E-state index < -0.39 is 0 Å². The highest BCUT2D eigenvalue weighted by atomic mass is 16.5. The Morgan fingerprint density at radius 1 is 1.25 bits per heavy atom. The summed E-state index contributed by atoms with van der Waals surface area (Å²) in [6.45, 7) is 1.84. The third-order valence-corrected chi connectivity index (χ3v) is 4.93. The van der Waals surface area contributed by atoms with Crippen LogP contribution in [0.5, 0.6) is 11.6 Å². The summed E-state index contributed by atoms with van der Waals surface area (Å²) in [5.41, 5.74) is 4.34. The SMILES string of the molecule is COc1cc2ncc(-c3cccc(OC4CCNC4)n3)n2cc1-c1cn[nH]c1. The summed E-state index contributed by atoms with van der Waals surface area (Å²) in [4.78, 5) is 9.23. The van der Waals surface area contributed by atoms with Crippen molar-refractivity contribution in [2.24, 2.45) is 0 Å². The molecule has 4 aromatic rings. The molecule has 5 heterocycles. The van der Waals surface area contributed by atoms with Crippen molar-refractivity contribution in [1.29, 1.82) is 0 Å². The zero-order valence-corrected chi connectivity index (χ0v) is 15.4. The second-order valence-corrected chi connectivity index (χ2v) is 6.71. The predicted octanol–water partition coefficient (Wildman–Crippen LogP) is 2.54. The lowest BCUT2D eigenvalue weighted by Crippen LogP contribution is -2.20. The van der Waals surface area contributed by atoms with E-state index in [-0.39, 0.29) is 6.10 Å². The number of methoxy groups -OCH3 is 1. The molecule has 142 valence electrons. The molecule has 1 aliphatic rings. The second-order valence-electron chi connectivity index (χ2n) is 6.71. The van der Waals surface area contributed by atoms with E-state index in [4.69, 9.17) is 14.5 Å². The highest BCUT2D eigenvalue weighted by molar-refractivity contribution is 5.73. The molecule has 1 aliphatic heterocycles. The Bertz CT molecular complexity index is 1100. The molecule has 0 amide bonds. The fourth-order valence-corrected chi connectivity index (χ4v) is 3.50. The first kappa shape index (κ1) is 16.8. The number of imidazole rings is 1. The van der Waals surface area contributed by atoms with Crippen molar-refractivity contribution < 1.29 is 9.47 Å². The van der Waals surface area contributed by atoms with E-state index in [1.54, 1.807) is 13.3 Å². The summed E-state index contributed by atoms with van der Waals surface area (Å²) in [5, 5.41) is 10.2. The molecule has 28 heavy (non-hydrogen) atoms. The number of aromatic nitrogens is 5. The number of H-pyrrole nitrogens is 1. The first-order valence-electron chi connectivity index (χ1n) is 9.21. The van der Waals surface area contributed by atoms with Crippen LogP contribution in [-0.4, -0.2) is 50.9 Å². The lowest BCUT2D eigenvalue weighted by atomic mass is 10.1. The fourth-order valence-electron chi connectivity index (χ4n) is 3.50. The van der Waals surface area contributed by atoms with E-state index in [1.165, 1.54) is 0 Å². The number of pyridine rings is 2. The Hall–Kier alpha value is -3.39. The molecule has 4 aromatic heterocycles. The molecule has 0 spiro atoms. The zero-order valence-electron chi connectivity index (χ0n) is 15.4. The van der Waals surface area contributed by atoms with Gasteiger partial charge < -0.3 is 14.8 Å². The van der Waals surface area contributed by atoms with Crippen LogP contribution < -0.4 is 14.8 Å². The minimum atomic E-state index is 0.168. The van der Waals surface area contributed by atoms with Crippen molar-refractivity contribution in [3.8, 4) is 34.1 Å². The average molecular weight is 376 g/mol. The van der Waals surface area contributed by atoms with Crippen LogP contribution in [0, 0.1) is 0 Å². The van der Waals surface area contributed by atoms with Gasteiger partial charge in [-0.3, -0.25) is 9.50 Å². The third-order valence-electron chi connectivity index (χ3n) is 4.93. The van der Waals surface area contributed by atoms with Crippen molar-refractivity contribution in [3.05, 3.63) is 49.1 Å². The average Bonchev–Trinajstić information content (AvgIpc) is 3.48. The Labute approximate surface area is 161 Å². The van der Waals surface area contributed by atoms with Gasteiger partial charge in [0.15, 0.2) is 0 Å². The van der Waals surface area contributed by atoms with Gasteiger partial charge in [0.1, 0.15) is 17.5 Å². The number of fused-ring (bicyclic) bond motifs is 1. The normalized spacial score (nSPS) is 16.5. The first-order chi connectivity index (χ1) is 13.8. The number of ether oxygens (including phenoxy) is 2. The Kier molecular flexibility index (Phi) is 4.17. The summed E-state index contributed by atoms with van der Waals surface area (Å²) >= 11 is 0. The lowest BCUT2D eigenvalue weighted by Gasteiger charge is -2.12. The van der Waals surface area contributed by atoms with Crippen LogP contribution in [0.15, 0.2) is 49.1 Å². The molecule has 1 fully saturated rings. The van der Waals surface area contributed by atoms with Crippen LogP contribution in [-0.2, 0) is 0 Å². The maximum Gasteiger partial charge on any atom is 0.214 e. The number of hydrogen-bond donors (Lipinski definition) is 2. The van der Waals surface area contributed by atoms with Gasteiger partial charge in [0, 0.05) is 42.2 Å². The monoisotopic (exact) mass is 376 g/mol. The second kappa shape index (κ2) is 6.97. The molecule has 1 unspecified atom stereocenters. The van der Waals surface area contributed by atoms with Gasteiger partial charge >= 0.3 is 0 Å². The number of aromatic amines is 1. The van der Waals surface area contributed by atoms with E-state index >= 15 is 0 Å². The van der Waals surface area contributed by atoms with E-state index in [0.717, 1.165) is 53.4 Å². The molecule has 1 atom stereocenters. The molecule has 0 aromatic carbocycles. The zero-order chi connectivity index (χ0) is 18.9. The van der Waals surface area contributed by atoms with Crippen molar-refractivity contribution in [2.75, 3.05) is 20.2 Å². The highest BCUT2D eigenvalue weighted by Gasteiger charge is 2.18. The molecule has 0 radical (unpaired) electrons. The molecule has 8 nitrogen and oxygen atoms in total. The molecule has 2 N–H and O–H groups in total. The molecule has 1 saturated heterocycles. The lowest BCUT2D eigenvalue weighted by molar-refractivity contribution is 0.214. The van der Waals surface area contributed by atoms with Crippen LogP contribution >= 0.6 is 0 Å². The number of rotatable bonds is 5. The van der Waals surface area contributed by atoms with Crippen molar-refractivity contribution in [1.82, 2.24) is 29.9 Å².